The zero-order valence-corrected chi connectivity index (χ0v) is 37.3. The molecule has 0 saturated carbocycles. The molecule has 1 spiro atoms. The molecule has 4 aliphatic rings. The Morgan fingerprint density at radius 3 is 2.30 bits per heavy atom. The van der Waals surface area contributed by atoms with E-state index < -0.39 is 29.9 Å². The zero-order valence-electron chi connectivity index (χ0n) is 37.3. The summed E-state index contributed by atoms with van der Waals surface area (Å²) >= 11 is 0. The number of amides is 4. The largest absolute Gasteiger partial charge is 0.453 e. The van der Waals surface area contributed by atoms with Gasteiger partial charge in [-0.05, 0) is 83.2 Å². The number of rotatable bonds is 15. The van der Waals surface area contributed by atoms with E-state index in [4.69, 9.17) is 19.2 Å². The average Bonchev–Trinajstić information content (AvgIpc) is 4.15. The highest BCUT2D eigenvalue weighted by atomic mass is 16.7. The third-order valence-electron chi connectivity index (χ3n) is 13.4. The van der Waals surface area contributed by atoms with E-state index in [1.807, 2.05) is 23.2 Å². The van der Waals surface area contributed by atoms with E-state index in [0.717, 1.165) is 80.6 Å². The highest BCUT2D eigenvalue weighted by Gasteiger charge is 2.54. The lowest BCUT2D eigenvalue weighted by Crippen LogP contribution is -2.49. The number of aromatic amines is 1. The van der Waals surface area contributed by atoms with Gasteiger partial charge in [0.25, 0.3) is 5.91 Å². The molecule has 4 amide bonds. The number of aromatic nitrogens is 2. The number of methoxy groups -OCH3 is 1. The molecule has 334 valence electrons. The fraction of sp³-hybridized carbons (Fsp3) is 0.500. The second-order valence-electron chi connectivity index (χ2n) is 18.1. The Kier molecular flexibility index (Phi) is 13.1. The first-order valence-electron chi connectivity index (χ1n) is 22.9. The minimum absolute atomic E-state index is 0.0298. The minimum Gasteiger partial charge on any atom is -0.453 e. The van der Waals surface area contributed by atoms with Crippen LogP contribution in [0.15, 0.2) is 72.9 Å². The fourth-order valence-corrected chi connectivity index (χ4v) is 10.3. The lowest BCUT2D eigenvalue weighted by atomic mass is 9.70. The molecule has 3 fully saturated rings. The van der Waals surface area contributed by atoms with Gasteiger partial charge in [0.15, 0.2) is 5.79 Å². The van der Waals surface area contributed by atoms with Gasteiger partial charge in [0.2, 0.25) is 11.8 Å². The van der Waals surface area contributed by atoms with E-state index in [2.05, 4.69) is 73.6 Å². The standard InChI is InChI=1S/C50H62N6O7/c1-6-8-21-49(22-9-7-2)38-27-34(40-30-51-45(53-40)41-16-13-23-55(41)43(57)26-32(3)4)17-19-36(38)37-20-18-35(28-39(37)49)52-46(58)42-29-50(62-24-25-63-50)31-56(42)47(59)44(54-48(60)61-5)33-14-11-10-12-15-33/h10-12,14-15,17-20,27-28,30,32,41-42,44H,6-9,13,16,21-26,29,31H2,1-5H3,(H,51,53)(H,52,58)(H,54,60)/t41-,42-,44+/m0/s1. The highest BCUT2D eigenvalue weighted by Crippen LogP contribution is 2.55. The molecule has 3 saturated heterocycles. The number of imidazole rings is 1. The summed E-state index contributed by atoms with van der Waals surface area (Å²) in [5.74, 6) is -0.640. The molecule has 3 aromatic carbocycles. The zero-order chi connectivity index (χ0) is 44.3. The van der Waals surface area contributed by atoms with E-state index in [0.29, 0.717) is 36.8 Å². The number of carbonyl (C=O) groups is 4. The van der Waals surface area contributed by atoms with Crippen LogP contribution in [0.4, 0.5) is 10.5 Å². The molecule has 13 heteroatoms. The number of nitrogens with zero attached hydrogens (tertiary/aromatic N) is 3. The maximum atomic E-state index is 14.6. The molecule has 63 heavy (non-hydrogen) atoms. The van der Waals surface area contributed by atoms with E-state index >= 15 is 0 Å². The van der Waals surface area contributed by atoms with Gasteiger partial charge in [-0.1, -0.05) is 102 Å². The molecule has 1 aliphatic carbocycles. The SMILES string of the molecule is CCCCC1(CCCC)c2cc(NC(=O)[C@@H]3CC4(CN3C(=O)[C@H](NC(=O)OC)c3ccccc3)OCCO4)ccc2-c2ccc(-c3cnc([C@@H]4CCCN4C(=O)CC(C)C)[nH]3)cc21. The Labute approximate surface area is 370 Å². The van der Waals surface area contributed by atoms with Crippen LogP contribution in [0.3, 0.4) is 0 Å². The first-order chi connectivity index (χ1) is 30.5. The lowest BCUT2D eigenvalue weighted by Gasteiger charge is -2.33. The van der Waals surface area contributed by atoms with E-state index in [1.54, 1.807) is 24.3 Å². The fourth-order valence-electron chi connectivity index (χ4n) is 10.3. The number of unbranched alkanes of at least 4 members (excludes halogenated alkanes) is 2. The molecule has 1 aromatic heterocycles. The Hall–Kier alpha value is -5.53. The molecular formula is C50H62N6O7. The third kappa shape index (κ3) is 8.74. The molecule has 0 unspecified atom stereocenters. The van der Waals surface area contributed by atoms with Crippen LogP contribution in [0, 0.1) is 5.92 Å². The lowest BCUT2D eigenvalue weighted by molar-refractivity contribution is -0.153. The monoisotopic (exact) mass is 858 g/mol. The summed E-state index contributed by atoms with van der Waals surface area (Å²) in [6, 6.07) is 19.8. The van der Waals surface area contributed by atoms with Crippen molar-refractivity contribution in [3.05, 3.63) is 95.4 Å². The molecule has 3 N–H and O–H groups in total. The second kappa shape index (κ2) is 18.7. The second-order valence-corrected chi connectivity index (χ2v) is 18.1. The van der Waals surface area contributed by atoms with Crippen LogP contribution in [0.2, 0.25) is 0 Å². The quantitative estimate of drug-likeness (QED) is 0.107. The van der Waals surface area contributed by atoms with Crippen molar-refractivity contribution in [2.75, 3.05) is 38.7 Å². The Bertz CT molecular complexity index is 2290. The summed E-state index contributed by atoms with van der Waals surface area (Å²) in [4.78, 5) is 66.7. The minimum atomic E-state index is -1.13. The Balaban J connectivity index is 1.10. The van der Waals surface area contributed by atoms with Crippen LogP contribution in [0.25, 0.3) is 22.4 Å². The summed E-state index contributed by atoms with van der Waals surface area (Å²) in [6.45, 7) is 10.1. The summed E-state index contributed by atoms with van der Waals surface area (Å²) in [5.41, 5.74) is 7.70. The number of H-pyrrole nitrogens is 1. The van der Waals surface area contributed by atoms with Gasteiger partial charge in [0, 0.05) is 30.5 Å². The molecule has 3 aliphatic heterocycles. The van der Waals surface area contributed by atoms with Gasteiger partial charge in [-0.25, -0.2) is 9.78 Å². The number of likely N-dealkylation sites (tertiary alicyclic amines) is 2. The van der Waals surface area contributed by atoms with Crippen molar-refractivity contribution >= 4 is 29.5 Å². The molecule has 13 nitrogen and oxygen atoms in total. The van der Waals surface area contributed by atoms with Gasteiger partial charge in [-0.3, -0.25) is 14.4 Å². The summed E-state index contributed by atoms with van der Waals surface area (Å²) in [7, 11) is 1.24. The van der Waals surface area contributed by atoms with E-state index in [1.165, 1.54) is 28.7 Å². The third-order valence-corrected chi connectivity index (χ3v) is 13.4. The topological polar surface area (TPSA) is 155 Å². The molecule has 4 aromatic rings. The number of fused-ring (bicyclic) bond motifs is 3. The molecule has 4 heterocycles. The average molecular weight is 859 g/mol. The smallest absolute Gasteiger partial charge is 0.407 e. The van der Waals surface area contributed by atoms with E-state index in [9.17, 15) is 19.2 Å². The van der Waals surface area contributed by atoms with Crippen LogP contribution >= 0.6 is 0 Å². The number of nitrogens with one attached hydrogen (secondary N) is 3. The van der Waals surface area contributed by atoms with Crippen molar-refractivity contribution in [2.24, 2.45) is 5.92 Å². The van der Waals surface area contributed by atoms with Gasteiger partial charge in [-0.15, -0.1) is 0 Å². The van der Waals surface area contributed by atoms with Crippen LogP contribution in [-0.2, 0) is 34.0 Å². The van der Waals surface area contributed by atoms with Gasteiger partial charge in [0.05, 0.1) is 44.8 Å². The van der Waals surface area contributed by atoms with E-state index in [-0.39, 0.29) is 36.2 Å². The Morgan fingerprint density at radius 1 is 0.921 bits per heavy atom. The van der Waals surface area contributed by atoms with Gasteiger partial charge in [0.1, 0.15) is 17.9 Å². The van der Waals surface area contributed by atoms with Crippen LogP contribution < -0.4 is 10.6 Å². The van der Waals surface area contributed by atoms with Crippen molar-refractivity contribution in [1.29, 1.82) is 0 Å². The number of anilines is 1. The van der Waals surface area contributed by atoms with Crippen LogP contribution in [-0.4, -0.2) is 88.8 Å². The molecule has 0 radical (unpaired) electrons. The maximum absolute atomic E-state index is 14.6. The first kappa shape index (κ1) is 44.1. The number of ether oxygens (including phenoxy) is 3. The number of alkyl carbamates (subject to hydrolysis) is 1. The van der Waals surface area contributed by atoms with Crippen molar-refractivity contribution in [2.45, 2.75) is 121 Å². The molecule has 3 atom stereocenters. The predicted octanol–water partition coefficient (Wildman–Crippen LogP) is 8.81. The van der Waals surface area contributed by atoms with Gasteiger partial charge >= 0.3 is 6.09 Å². The van der Waals surface area contributed by atoms with Crippen molar-refractivity contribution in [3.8, 4) is 22.4 Å². The predicted molar refractivity (Wildman–Crippen MR) is 241 cm³/mol. The summed E-state index contributed by atoms with van der Waals surface area (Å²) < 4.78 is 17.0. The highest BCUT2D eigenvalue weighted by molar-refractivity contribution is 6.00. The first-order valence-corrected chi connectivity index (χ1v) is 22.9. The number of carbonyl (C=O) groups excluding carboxylic acids is 4. The number of hydrogen-bond donors (Lipinski definition) is 3. The number of benzene rings is 3. The van der Waals surface area contributed by atoms with Crippen LogP contribution in [0.5, 0.6) is 0 Å². The van der Waals surface area contributed by atoms with Gasteiger partial charge < -0.3 is 39.6 Å². The summed E-state index contributed by atoms with van der Waals surface area (Å²) in [6.07, 6.45) is 9.72. The molecule has 0 bridgehead atoms. The Morgan fingerprint density at radius 2 is 1.62 bits per heavy atom. The number of hydrogen-bond acceptors (Lipinski definition) is 8. The van der Waals surface area contributed by atoms with Gasteiger partial charge in [-0.2, -0.15) is 0 Å². The molecular weight excluding hydrogens is 797 g/mol. The van der Waals surface area contributed by atoms with Crippen molar-refractivity contribution in [3.63, 3.8) is 0 Å². The normalized spacial score (nSPS) is 19.9. The summed E-state index contributed by atoms with van der Waals surface area (Å²) in [5, 5.41) is 5.88. The maximum Gasteiger partial charge on any atom is 0.407 e. The van der Waals surface area contributed by atoms with Crippen molar-refractivity contribution < 1.29 is 33.4 Å². The van der Waals surface area contributed by atoms with Crippen molar-refractivity contribution in [1.82, 2.24) is 25.1 Å². The molecule has 8 rings (SSSR count). The van der Waals surface area contributed by atoms with Crippen LogP contribution in [0.1, 0.15) is 127 Å².